The molecule has 1 spiro atoms. The lowest BCUT2D eigenvalue weighted by Gasteiger charge is -2.34. The molecule has 166 valence electrons. The molecule has 2 fully saturated rings. The van der Waals surface area contributed by atoms with Crippen molar-refractivity contribution in [2.75, 3.05) is 31.6 Å². The highest BCUT2D eigenvalue weighted by atomic mass is 35.5. The predicted octanol–water partition coefficient (Wildman–Crippen LogP) is 4.76. The van der Waals surface area contributed by atoms with E-state index in [0.717, 1.165) is 12.1 Å². The van der Waals surface area contributed by atoms with Crippen LogP contribution in [-0.4, -0.2) is 54.0 Å². The molecule has 0 bridgehead atoms. The summed E-state index contributed by atoms with van der Waals surface area (Å²) in [4.78, 5) is 32.4. The number of anilines is 1. The third-order valence-corrected chi connectivity index (χ3v) is 6.74. The maximum Gasteiger partial charge on any atom is 0.332 e. The van der Waals surface area contributed by atoms with Crippen LogP contribution >= 0.6 is 23.2 Å². The summed E-state index contributed by atoms with van der Waals surface area (Å²) in [5.41, 5.74) is 0.781. The summed E-state index contributed by atoms with van der Waals surface area (Å²) in [5.74, 6) is -0.119. The third-order valence-electron chi connectivity index (χ3n) is 6.30. The number of likely N-dealkylation sites (N-methyl/N-ethyl adjacent to an activating group) is 1. The molecule has 0 unspecified atom stereocenters. The summed E-state index contributed by atoms with van der Waals surface area (Å²) in [5, 5.41) is 9.88. The van der Waals surface area contributed by atoms with E-state index in [9.17, 15) is 14.9 Å². The van der Waals surface area contributed by atoms with Crippen LogP contribution in [-0.2, 0) is 4.79 Å². The van der Waals surface area contributed by atoms with Crippen molar-refractivity contribution in [2.24, 2.45) is 5.92 Å². The van der Waals surface area contributed by atoms with Gasteiger partial charge in [-0.3, -0.25) is 9.69 Å². The molecule has 4 rings (SSSR count). The molecule has 6 nitrogen and oxygen atoms in total. The molecule has 2 saturated heterocycles. The first kappa shape index (κ1) is 22.6. The van der Waals surface area contributed by atoms with Crippen molar-refractivity contribution in [1.29, 1.82) is 5.26 Å². The molecule has 3 amide bonds. The van der Waals surface area contributed by atoms with Gasteiger partial charge in [-0.25, -0.2) is 9.69 Å². The molecule has 2 aromatic carbocycles. The number of likely N-dealkylation sites (tertiary alicyclic amines) is 1. The molecule has 0 aromatic heterocycles. The van der Waals surface area contributed by atoms with Gasteiger partial charge in [0, 0.05) is 42.6 Å². The zero-order valence-electron chi connectivity index (χ0n) is 18.2. The van der Waals surface area contributed by atoms with Crippen LogP contribution in [0.25, 0.3) is 0 Å². The Morgan fingerprint density at radius 2 is 1.75 bits per heavy atom. The van der Waals surface area contributed by atoms with Gasteiger partial charge in [0.05, 0.1) is 17.3 Å². The second-order valence-electron chi connectivity index (χ2n) is 8.91. The maximum absolute atomic E-state index is 14.0. The van der Waals surface area contributed by atoms with Crippen molar-refractivity contribution in [3.05, 3.63) is 63.6 Å². The second kappa shape index (κ2) is 8.40. The monoisotopic (exact) mass is 470 g/mol. The molecule has 0 aliphatic carbocycles. The summed E-state index contributed by atoms with van der Waals surface area (Å²) in [6, 6.07) is 13.7. The normalized spacial score (nSPS) is 23.6. The smallest absolute Gasteiger partial charge is 0.310 e. The summed E-state index contributed by atoms with van der Waals surface area (Å²) in [7, 11) is 1.68. The average molecular weight is 471 g/mol. The Kier molecular flexibility index (Phi) is 5.93. The number of rotatable bonds is 4. The molecule has 0 saturated carbocycles. The van der Waals surface area contributed by atoms with E-state index in [0.29, 0.717) is 40.3 Å². The molecule has 8 heteroatoms. The highest BCUT2D eigenvalue weighted by Crippen LogP contribution is 2.46. The van der Waals surface area contributed by atoms with Crippen LogP contribution in [0.5, 0.6) is 0 Å². The number of urea groups is 1. The number of carbonyl (C=O) groups is 2. The largest absolute Gasteiger partial charge is 0.332 e. The average Bonchev–Trinajstić information content (AvgIpc) is 3.19. The molecule has 2 atom stereocenters. The van der Waals surface area contributed by atoms with Crippen LogP contribution in [0.1, 0.15) is 30.9 Å². The van der Waals surface area contributed by atoms with Crippen molar-refractivity contribution >= 4 is 40.8 Å². The van der Waals surface area contributed by atoms with Gasteiger partial charge in [-0.2, -0.15) is 5.26 Å². The van der Waals surface area contributed by atoms with Crippen LogP contribution in [0.2, 0.25) is 10.0 Å². The fourth-order valence-corrected chi connectivity index (χ4v) is 5.46. The number of hydrogen-bond acceptors (Lipinski definition) is 4. The summed E-state index contributed by atoms with van der Waals surface area (Å²) in [6.07, 6.45) is 0. The minimum atomic E-state index is -1.06. The van der Waals surface area contributed by atoms with Gasteiger partial charge in [0.2, 0.25) is 0 Å². The molecular weight excluding hydrogens is 447 g/mol. The van der Waals surface area contributed by atoms with E-state index in [4.69, 9.17) is 23.2 Å². The minimum absolute atomic E-state index is 0.241. The van der Waals surface area contributed by atoms with E-state index in [-0.39, 0.29) is 11.8 Å². The Bertz CT molecular complexity index is 1090. The lowest BCUT2D eigenvalue weighted by atomic mass is 9.80. The van der Waals surface area contributed by atoms with Gasteiger partial charge in [0.15, 0.2) is 0 Å². The molecule has 0 N–H and O–H groups in total. The fourth-order valence-electron chi connectivity index (χ4n) is 4.95. The van der Waals surface area contributed by atoms with Crippen molar-refractivity contribution in [3.8, 4) is 6.07 Å². The van der Waals surface area contributed by atoms with Gasteiger partial charge in [-0.05, 0) is 41.8 Å². The quantitative estimate of drug-likeness (QED) is 0.604. The standard InChI is InChI=1S/C24H24Cl2N4O2/c1-15(2)12-29-13-21(17-6-4-16(11-27)5-7-17)24(14-29)22(31)30(23(32)28(24)3)20-9-18(25)8-19(26)10-20/h4-10,15,21H,12-14H2,1-3H3/t21-,24+/m0/s1. The lowest BCUT2D eigenvalue weighted by molar-refractivity contribution is -0.124. The zero-order valence-corrected chi connectivity index (χ0v) is 19.7. The zero-order chi connectivity index (χ0) is 23.2. The summed E-state index contributed by atoms with van der Waals surface area (Å²) >= 11 is 12.3. The van der Waals surface area contributed by atoms with E-state index in [1.165, 1.54) is 4.90 Å². The van der Waals surface area contributed by atoms with Gasteiger partial charge < -0.3 is 4.90 Å². The third kappa shape index (κ3) is 3.65. The fraction of sp³-hybridized carbons (Fsp3) is 0.375. The van der Waals surface area contributed by atoms with Crippen LogP contribution in [0.4, 0.5) is 10.5 Å². The number of halogens is 2. The van der Waals surface area contributed by atoms with Crippen molar-refractivity contribution in [2.45, 2.75) is 25.3 Å². The van der Waals surface area contributed by atoms with Crippen molar-refractivity contribution < 1.29 is 9.59 Å². The van der Waals surface area contributed by atoms with E-state index in [1.807, 2.05) is 12.1 Å². The van der Waals surface area contributed by atoms with E-state index in [1.54, 1.807) is 42.3 Å². The van der Waals surface area contributed by atoms with Crippen molar-refractivity contribution in [3.63, 3.8) is 0 Å². The summed E-state index contributed by atoms with van der Waals surface area (Å²) in [6.45, 7) is 6.15. The summed E-state index contributed by atoms with van der Waals surface area (Å²) < 4.78 is 0. The van der Waals surface area contributed by atoms with E-state index < -0.39 is 11.6 Å². The first-order valence-electron chi connectivity index (χ1n) is 10.5. The van der Waals surface area contributed by atoms with Gasteiger partial charge in [-0.15, -0.1) is 0 Å². The number of carbonyl (C=O) groups excluding carboxylic acids is 2. The van der Waals surface area contributed by atoms with Gasteiger partial charge in [0.1, 0.15) is 5.54 Å². The Balaban J connectivity index is 1.81. The number of nitrogens with zero attached hydrogens (tertiary/aromatic N) is 4. The van der Waals surface area contributed by atoms with Crippen LogP contribution in [0.15, 0.2) is 42.5 Å². The predicted molar refractivity (Wildman–Crippen MR) is 125 cm³/mol. The Morgan fingerprint density at radius 1 is 1.12 bits per heavy atom. The molecule has 0 radical (unpaired) electrons. The SMILES string of the molecule is CC(C)CN1C[C@@H](c2ccc(C#N)cc2)[C@]2(C1)C(=O)N(c1cc(Cl)cc(Cl)c1)C(=O)N2C. The Morgan fingerprint density at radius 3 is 2.31 bits per heavy atom. The van der Waals surface area contributed by atoms with Crippen LogP contribution < -0.4 is 4.90 Å². The first-order valence-corrected chi connectivity index (χ1v) is 11.2. The molecular formula is C24H24Cl2N4O2. The Hall–Kier alpha value is -2.59. The highest BCUT2D eigenvalue weighted by Gasteiger charge is 2.64. The second-order valence-corrected chi connectivity index (χ2v) is 9.78. The molecule has 2 heterocycles. The van der Waals surface area contributed by atoms with Gasteiger partial charge in [-0.1, -0.05) is 49.2 Å². The van der Waals surface area contributed by atoms with E-state index in [2.05, 4.69) is 24.8 Å². The molecule has 32 heavy (non-hydrogen) atoms. The lowest BCUT2D eigenvalue weighted by Crippen LogP contribution is -2.53. The molecule has 2 aromatic rings. The van der Waals surface area contributed by atoms with Gasteiger partial charge >= 0.3 is 6.03 Å². The molecule has 2 aliphatic heterocycles. The van der Waals surface area contributed by atoms with Crippen LogP contribution in [0.3, 0.4) is 0 Å². The first-order chi connectivity index (χ1) is 15.2. The number of imide groups is 1. The topological polar surface area (TPSA) is 67.6 Å². The van der Waals surface area contributed by atoms with E-state index >= 15 is 0 Å². The molecule has 2 aliphatic rings. The maximum atomic E-state index is 14.0. The number of nitriles is 1. The number of benzene rings is 2. The highest BCUT2D eigenvalue weighted by molar-refractivity contribution is 6.35. The van der Waals surface area contributed by atoms with Gasteiger partial charge in [0.25, 0.3) is 5.91 Å². The van der Waals surface area contributed by atoms with Crippen LogP contribution in [0, 0.1) is 17.2 Å². The number of hydrogen-bond donors (Lipinski definition) is 0. The van der Waals surface area contributed by atoms with Crippen molar-refractivity contribution in [1.82, 2.24) is 9.80 Å². The minimum Gasteiger partial charge on any atom is -0.310 e. The Labute approximate surface area is 197 Å². The number of amides is 3.